The van der Waals surface area contributed by atoms with Crippen molar-refractivity contribution in [2.24, 2.45) is 0 Å². The molecule has 10 heteroatoms. The average molecular weight is 717 g/mol. The highest BCUT2D eigenvalue weighted by Crippen LogP contribution is 2.23. The van der Waals surface area contributed by atoms with Crippen molar-refractivity contribution in [3.05, 3.63) is 0 Å². The molecule has 6 atom stereocenters. The third kappa shape index (κ3) is 24.0. The lowest BCUT2D eigenvalue weighted by atomic mass is 9.99. The predicted molar refractivity (Wildman–Crippen MR) is 197 cm³/mol. The highest BCUT2D eigenvalue weighted by atomic mass is 16.7. The highest BCUT2D eigenvalue weighted by molar-refractivity contribution is 5.70. The Hall–Kier alpha value is -1.30. The Morgan fingerprint density at radius 1 is 0.540 bits per heavy atom. The Morgan fingerprint density at radius 2 is 0.940 bits per heavy atom. The Morgan fingerprint density at radius 3 is 1.36 bits per heavy atom. The third-order valence-electron chi connectivity index (χ3n) is 9.74. The van der Waals surface area contributed by atoms with Crippen LogP contribution in [0.25, 0.3) is 0 Å². The molecule has 1 aliphatic heterocycles. The molecule has 0 radical (unpaired) electrons. The smallest absolute Gasteiger partial charge is 0.306 e. The van der Waals surface area contributed by atoms with E-state index in [4.69, 9.17) is 18.9 Å². The quantitative estimate of drug-likeness (QED) is 0.0383. The fourth-order valence-corrected chi connectivity index (χ4v) is 6.42. The first kappa shape index (κ1) is 46.7. The van der Waals surface area contributed by atoms with Crippen molar-refractivity contribution in [3.63, 3.8) is 0 Å². The largest absolute Gasteiger partial charge is 0.462 e. The Balaban J connectivity index is 2.36. The van der Waals surface area contributed by atoms with Crippen molar-refractivity contribution in [2.75, 3.05) is 19.8 Å². The number of carbonyl (C=O) groups is 2. The van der Waals surface area contributed by atoms with Gasteiger partial charge in [-0.3, -0.25) is 9.59 Å². The molecule has 1 aliphatic rings. The Kier molecular flexibility index (Phi) is 30.2. The molecule has 4 N–H and O–H groups in total. The summed E-state index contributed by atoms with van der Waals surface area (Å²) in [5.74, 6) is -0.797. The second kappa shape index (κ2) is 32.4. The molecular weight excluding hydrogens is 640 g/mol. The van der Waals surface area contributed by atoms with Crippen molar-refractivity contribution in [3.8, 4) is 0 Å². The molecule has 0 aromatic rings. The van der Waals surface area contributed by atoms with Crippen LogP contribution < -0.4 is 0 Å². The molecule has 50 heavy (non-hydrogen) atoms. The van der Waals surface area contributed by atoms with Gasteiger partial charge in [-0.15, -0.1) is 0 Å². The molecular formula is C40H76O10. The minimum absolute atomic E-state index is 0.210. The number of rotatable bonds is 34. The maximum Gasteiger partial charge on any atom is 0.306 e. The van der Waals surface area contributed by atoms with E-state index < -0.39 is 49.4 Å². The van der Waals surface area contributed by atoms with E-state index in [1.807, 2.05) is 0 Å². The van der Waals surface area contributed by atoms with E-state index in [1.54, 1.807) is 0 Å². The summed E-state index contributed by atoms with van der Waals surface area (Å²) in [6.45, 7) is 3.42. The van der Waals surface area contributed by atoms with Crippen LogP contribution in [0.2, 0.25) is 0 Å². The second-order valence-electron chi connectivity index (χ2n) is 14.5. The van der Waals surface area contributed by atoms with E-state index in [9.17, 15) is 30.0 Å². The zero-order chi connectivity index (χ0) is 36.7. The molecule has 10 nitrogen and oxygen atoms in total. The van der Waals surface area contributed by atoms with Gasteiger partial charge >= 0.3 is 11.9 Å². The van der Waals surface area contributed by atoms with Gasteiger partial charge in [0.2, 0.25) is 0 Å². The van der Waals surface area contributed by atoms with Crippen LogP contribution in [-0.2, 0) is 28.5 Å². The van der Waals surface area contributed by atoms with E-state index in [0.29, 0.717) is 6.42 Å². The van der Waals surface area contributed by atoms with Gasteiger partial charge in [-0.2, -0.15) is 0 Å². The molecule has 1 fully saturated rings. The number of ether oxygens (including phenoxy) is 4. The number of aliphatic hydroxyl groups excluding tert-OH is 4. The minimum Gasteiger partial charge on any atom is -0.462 e. The Bertz CT molecular complexity index is 794. The third-order valence-corrected chi connectivity index (χ3v) is 9.74. The van der Waals surface area contributed by atoms with E-state index in [0.717, 1.165) is 38.5 Å². The molecule has 296 valence electrons. The summed E-state index contributed by atoms with van der Waals surface area (Å²) in [5, 5.41) is 39.9. The van der Waals surface area contributed by atoms with Gasteiger partial charge < -0.3 is 39.4 Å². The highest BCUT2D eigenvalue weighted by Gasteiger charge is 2.44. The average Bonchev–Trinajstić information content (AvgIpc) is 3.11. The summed E-state index contributed by atoms with van der Waals surface area (Å²) < 4.78 is 22.1. The van der Waals surface area contributed by atoms with Crippen LogP contribution in [0.1, 0.15) is 187 Å². The van der Waals surface area contributed by atoms with Gasteiger partial charge in [0.25, 0.3) is 0 Å². The lowest BCUT2D eigenvalue weighted by molar-refractivity contribution is -0.305. The van der Waals surface area contributed by atoms with Crippen LogP contribution >= 0.6 is 0 Å². The molecule has 0 amide bonds. The second-order valence-corrected chi connectivity index (χ2v) is 14.5. The number of aliphatic hydroxyl groups is 4. The fourth-order valence-electron chi connectivity index (χ4n) is 6.42. The molecule has 6 unspecified atom stereocenters. The molecule has 1 rings (SSSR count). The monoisotopic (exact) mass is 717 g/mol. The molecule has 0 saturated carbocycles. The number of hydrogen-bond acceptors (Lipinski definition) is 10. The van der Waals surface area contributed by atoms with Gasteiger partial charge in [0.05, 0.1) is 13.2 Å². The minimum atomic E-state index is -1.59. The molecule has 0 bridgehead atoms. The molecule has 0 spiro atoms. The van der Waals surface area contributed by atoms with Crippen LogP contribution in [0, 0.1) is 0 Å². The molecule has 0 aliphatic carbocycles. The summed E-state index contributed by atoms with van der Waals surface area (Å²) in [6, 6.07) is 0. The zero-order valence-electron chi connectivity index (χ0n) is 31.9. The zero-order valence-corrected chi connectivity index (χ0v) is 31.9. The SMILES string of the molecule is CCCCCCCCCCCCCCCCC(=O)OC(COC(=O)CCCCCCCCCCCCC)COC1OC(CO)C(O)C(O)C1O. The van der Waals surface area contributed by atoms with Crippen LogP contribution in [0.3, 0.4) is 0 Å². The lowest BCUT2D eigenvalue weighted by Gasteiger charge is -2.39. The van der Waals surface area contributed by atoms with E-state index in [1.165, 1.54) is 116 Å². The van der Waals surface area contributed by atoms with Gasteiger partial charge in [0.15, 0.2) is 12.4 Å². The number of hydrogen-bond donors (Lipinski definition) is 4. The summed E-state index contributed by atoms with van der Waals surface area (Å²) in [5.41, 5.74) is 0. The fraction of sp³-hybridized carbons (Fsp3) is 0.950. The predicted octanol–water partition coefficient (Wildman–Crippen LogP) is 7.83. The van der Waals surface area contributed by atoms with Crippen molar-refractivity contribution in [1.29, 1.82) is 0 Å². The van der Waals surface area contributed by atoms with E-state index in [2.05, 4.69) is 13.8 Å². The first-order chi connectivity index (χ1) is 24.3. The first-order valence-electron chi connectivity index (χ1n) is 20.6. The summed E-state index contributed by atoms with van der Waals surface area (Å²) >= 11 is 0. The summed E-state index contributed by atoms with van der Waals surface area (Å²) in [4.78, 5) is 25.2. The van der Waals surface area contributed by atoms with Gasteiger partial charge in [-0.1, -0.05) is 162 Å². The van der Waals surface area contributed by atoms with Crippen molar-refractivity contribution in [2.45, 2.75) is 224 Å². The standard InChI is InChI=1S/C40H76O10/c1-3-5-7-9-11-13-15-16-17-19-21-23-25-27-29-36(43)49-33(32-48-40-39(46)38(45)37(44)34(30-41)50-40)31-47-35(42)28-26-24-22-20-18-14-12-10-8-6-4-2/h33-34,37-41,44-46H,3-32H2,1-2H3. The van der Waals surface area contributed by atoms with E-state index in [-0.39, 0.29) is 32.0 Å². The molecule has 0 aromatic carbocycles. The maximum atomic E-state index is 12.7. The number of carbonyl (C=O) groups excluding carboxylic acids is 2. The van der Waals surface area contributed by atoms with Gasteiger partial charge in [-0.25, -0.2) is 0 Å². The topological polar surface area (TPSA) is 152 Å². The van der Waals surface area contributed by atoms with Crippen LogP contribution in [-0.4, -0.2) is 89.0 Å². The molecule has 1 heterocycles. The van der Waals surface area contributed by atoms with Gasteiger partial charge in [-0.05, 0) is 12.8 Å². The Labute approximate surface area is 304 Å². The summed E-state index contributed by atoms with van der Waals surface area (Å²) in [6.07, 6.45) is 22.5. The van der Waals surface area contributed by atoms with Crippen molar-refractivity contribution < 1.29 is 49.0 Å². The van der Waals surface area contributed by atoms with Crippen LogP contribution in [0.4, 0.5) is 0 Å². The maximum absolute atomic E-state index is 12.7. The number of unbranched alkanes of at least 4 members (excludes halogenated alkanes) is 23. The molecule has 1 saturated heterocycles. The van der Waals surface area contributed by atoms with E-state index >= 15 is 0 Å². The number of esters is 2. The first-order valence-corrected chi connectivity index (χ1v) is 20.6. The normalized spacial score (nSPS) is 21.3. The van der Waals surface area contributed by atoms with Crippen molar-refractivity contribution >= 4 is 11.9 Å². The van der Waals surface area contributed by atoms with Gasteiger partial charge in [0.1, 0.15) is 31.0 Å². The summed E-state index contributed by atoms with van der Waals surface area (Å²) in [7, 11) is 0. The van der Waals surface area contributed by atoms with Gasteiger partial charge in [0, 0.05) is 12.8 Å². The molecule has 0 aromatic heterocycles. The van der Waals surface area contributed by atoms with Crippen LogP contribution in [0.5, 0.6) is 0 Å². The van der Waals surface area contributed by atoms with Crippen LogP contribution in [0.15, 0.2) is 0 Å². The lowest BCUT2D eigenvalue weighted by Crippen LogP contribution is -2.59. The van der Waals surface area contributed by atoms with Crippen molar-refractivity contribution in [1.82, 2.24) is 0 Å².